The number of hydrogen-bond donors (Lipinski definition) is 3. The third-order valence-electron chi connectivity index (χ3n) is 3.57. The van der Waals surface area contributed by atoms with E-state index in [-0.39, 0.29) is 0 Å². The van der Waals surface area contributed by atoms with E-state index in [1.807, 2.05) is 6.07 Å². The minimum atomic E-state index is 0.402. The Morgan fingerprint density at radius 2 is 1.94 bits per heavy atom. The number of hydrazine groups is 1. The molecule has 1 fully saturated rings. The molecule has 1 aromatic heterocycles. The van der Waals surface area contributed by atoms with E-state index >= 15 is 0 Å². The highest BCUT2D eigenvalue weighted by molar-refractivity contribution is 5.45. The largest absolute Gasteiger partial charge is 0.369 e. The maximum absolute atomic E-state index is 5.32. The molecule has 0 unspecified atom stereocenters. The van der Waals surface area contributed by atoms with Gasteiger partial charge in [0.1, 0.15) is 18.0 Å². The average molecular weight is 235 g/mol. The molecule has 0 bridgehead atoms. The van der Waals surface area contributed by atoms with Crippen LogP contribution in [-0.4, -0.2) is 16.5 Å². The van der Waals surface area contributed by atoms with Gasteiger partial charge in [-0.1, -0.05) is 26.2 Å². The normalized spacial score (nSPS) is 18.7. The van der Waals surface area contributed by atoms with Crippen molar-refractivity contribution in [2.24, 2.45) is 11.3 Å². The first-order valence-electron chi connectivity index (χ1n) is 6.24. The van der Waals surface area contributed by atoms with Crippen LogP contribution < -0.4 is 16.6 Å². The van der Waals surface area contributed by atoms with Crippen LogP contribution in [0.3, 0.4) is 0 Å². The number of anilines is 2. The zero-order chi connectivity index (χ0) is 12.1. The molecule has 0 spiro atoms. The van der Waals surface area contributed by atoms with Crippen molar-refractivity contribution in [1.29, 1.82) is 0 Å². The molecule has 0 saturated heterocycles. The van der Waals surface area contributed by atoms with Gasteiger partial charge in [-0.2, -0.15) is 0 Å². The molecule has 0 amide bonds. The van der Waals surface area contributed by atoms with Gasteiger partial charge in [0, 0.05) is 12.6 Å². The molecular weight excluding hydrogens is 214 g/mol. The van der Waals surface area contributed by atoms with Crippen LogP contribution in [0.4, 0.5) is 11.6 Å². The molecule has 1 saturated carbocycles. The Balaban J connectivity index is 1.92. The monoisotopic (exact) mass is 235 g/mol. The first-order chi connectivity index (χ1) is 8.22. The molecule has 1 aliphatic rings. The van der Waals surface area contributed by atoms with Crippen molar-refractivity contribution in [2.75, 3.05) is 17.3 Å². The maximum Gasteiger partial charge on any atom is 0.145 e. The van der Waals surface area contributed by atoms with Crippen LogP contribution in [0.1, 0.15) is 39.0 Å². The van der Waals surface area contributed by atoms with E-state index in [2.05, 4.69) is 27.6 Å². The fraction of sp³-hybridized carbons (Fsp3) is 0.667. The van der Waals surface area contributed by atoms with Gasteiger partial charge in [-0.15, -0.1) is 0 Å². The summed E-state index contributed by atoms with van der Waals surface area (Å²) in [5.41, 5.74) is 2.93. The molecule has 0 atom stereocenters. The maximum atomic E-state index is 5.32. The second-order valence-electron chi connectivity index (χ2n) is 5.16. The van der Waals surface area contributed by atoms with Gasteiger partial charge in [0.15, 0.2) is 0 Å². The van der Waals surface area contributed by atoms with Gasteiger partial charge in [-0.05, 0) is 18.3 Å². The van der Waals surface area contributed by atoms with Gasteiger partial charge in [-0.25, -0.2) is 15.8 Å². The van der Waals surface area contributed by atoms with Crippen LogP contribution in [0.25, 0.3) is 0 Å². The third kappa shape index (κ3) is 3.30. The predicted molar refractivity (Wildman–Crippen MR) is 69.5 cm³/mol. The summed E-state index contributed by atoms with van der Waals surface area (Å²) in [6, 6.07) is 1.83. The molecule has 0 aromatic carbocycles. The number of hydrogen-bond acceptors (Lipinski definition) is 5. The highest BCUT2D eigenvalue weighted by atomic mass is 15.3. The van der Waals surface area contributed by atoms with Crippen LogP contribution in [0.15, 0.2) is 12.4 Å². The highest BCUT2D eigenvalue weighted by Gasteiger charge is 2.26. The van der Waals surface area contributed by atoms with Crippen LogP contribution in [-0.2, 0) is 0 Å². The molecular formula is C12H21N5. The molecule has 5 nitrogen and oxygen atoms in total. The Bertz CT molecular complexity index is 360. The van der Waals surface area contributed by atoms with E-state index in [4.69, 9.17) is 5.84 Å². The minimum absolute atomic E-state index is 0.402. The molecule has 17 heavy (non-hydrogen) atoms. The van der Waals surface area contributed by atoms with E-state index in [0.717, 1.165) is 12.4 Å². The highest BCUT2D eigenvalue weighted by Crippen LogP contribution is 2.35. The summed E-state index contributed by atoms with van der Waals surface area (Å²) in [4.78, 5) is 8.17. The fourth-order valence-corrected chi connectivity index (χ4v) is 2.42. The Morgan fingerprint density at radius 3 is 2.65 bits per heavy atom. The summed E-state index contributed by atoms with van der Waals surface area (Å²) in [5.74, 6) is 6.78. The zero-order valence-corrected chi connectivity index (χ0v) is 10.4. The van der Waals surface area contributed by atoms with Gasteiger partial charge in [0.2, 0.25) is 0 Å². The molecule has 5 heteroatoms. The molecule has 1 aliphatic carbocycles. The third-order valence-corrected chi connectivity index (χ3v) is 3.57. The lowest BCUT2D eigenvalue weighted by Crippen LogP contribution is -2.29. The van der Waals surface area contributed by atoms with Crippen molar-refractivity contribution in [2.45, 2.75) is 39.0 Å². The van der Waals surface area contributed by atoms with E-state index in [1.165, 1.54) is 38.4 Å². The minimum Gasteiger partial charge on any atom is -0.369 e. The predicted octanol–water partition coefficient (Wildman–Crippen LogP) is 2.14. The van der Waals surface area contributed by atoms with Crippen LogP contribution in [0.2, 0.25) is 0 Å². The van der Waals surface area contributed by atoms with Crippen LogP contribution >= 0.6 is 0 Å². The molecule has 1 heterocycles. The number of nitrogens with one attached hydrogen (secondary N) is 2. The first kappa shape index (κ1) is 12.1. The van der Waals surface area contributed by atoms with Gasteiger partial charge in [-0.3, -0.25) is 0 Å². The van der Waals surface area contributed by atoms with Gasteiger partial charge in [0.25, 0.3) is 0 Å². The lowest BCUT2D eigenvalue weighted by molar-refractivity contribution is 0.233. The van der Waals surface area contributed by atoms with E-state index in [0.29, 0.717) is 11.2 Å². The molecule has 2 rings (SSSR count). The lowest BCUT2D eigenvalue weighted by atomic mass is 9.76. The Labute approximate surface area is 102 Å². The first-order valence-corrected chi connectivity index (χ1v) is 6.24. The van der Waals surface area contributed by atoms with Gasteiger partial charge < -0.3 is 10.7 Å². The van der Waals surface area contributed by atoms with Crippen LogP contribution in [0.5, 0.6) is 0 Å². The summed E-state index contributed by atoms with van der Waals surface area (Å²) in [7, 11) is 0. The lowest BCUT2D eigenvalue weighted by Gasteiger charge is -2.33. The second kappa shape index (κ2) is 5.31. The molecule has 94 valence electrons. The van der Waals surface area contributed by atoms with E-state index in [9.17, 15) is 0 Å². The summed E-state index contributed by atoms with van der Waals surface area (Å²) in [6.07, 6.45) is 8.18. The van der Waals surface area contributed by atoms with Crippen LogP contribution in [0, 0.1) is 5.41 Å². The van der Waals surface area contributed by atoms with Gasteiger partial charge in [0.05, 0.1) is 0 Å². The number of aromatic nitrogens is 2. The van der Waals surface area contributed by atoms with E-state index in [1.54, 1.807) is 0 Å². The second-order valence-corrected chi connectivity index (χ2v) is 5.16. The van der Waals surface area contributed by atoms with Gasteiger partial charge >= 0.3 is 0 Å². The van der Waals surface area contributed by atoms with E-state index < -0.39 is 0 Å². The summed E-state index contributed by atoms with van der Waals surface area (Å²) in [5, 5.41) is 3.38. The van der Waals surface area contributed by atoms with Crippen molar-refractivity contribution in [3.63, 3.8) is 0 Å². The molecule has 4 N–H and O–H groups in total. The molecule has 0 aliphatic heterocycles. The number of nitrogens with zero attached hydrogens (tertiary/aromatic N) is 2. The smallest absolute Gasteiger partial charge is 0.145 e. The van der Waals surface area contributed by atoms with Crippen molar-refractivity contribution in [3.8, 4) is 0 Å². The summed E-state index contributed by atoms with van der Waals surface area (Å²) in [6.45, 7) is 3.32. The summed E-state index contributed by atoms with van der Waals surface area (Å²) < 4.78 is 0. The Kier molecular flexibility index (Phi) is 3.78. The number of rotatable bonds is 4. The summed E-state index contributed by atoms with van der Waals surface area (Å²) >= 11 is 0. The average Bonchev–Trinajstić information content (AvgIpc) is 2.38. The standard InChI is InChI=1S/C12H21N5/c1-12(5-3-2-4-6-12)8-14-10-7-11(17-13)16-9-15-10/h7,9H,2-6,8,13H2,1H3,(H2,14,15,16,17). The quantitative estimate of drug-likeness (QED) is 0.550. The zero-order valence-electron chi connectivity index (χ0n) is 10.4. The molecule has 0 radical (unpaired) electrons. The van der Waals surface area contributed by atoms with Crippen molar-refractivity contribution in [1.82, 2.24) is 9.97 Å². The van der Waals surface area contributed by atoms with Crippen molar-refractivity contribution < 1.29 is 0 Å². The topological polar surface area (TPSA) is 75.9 Å². The van der Waals surface area contributed by atoms with Crippen molar-refractivity contribution in [3.05, 3.63) is 12.4 Å². The fourth-order valence-electron chi connectivity index (χ4n) is 2.42. The molecule has 1 aromatic rings. The number of nitrogens with two attached hydrogens (primary N) is 1. The van der Waals surface area contributed by atoms with Crippen molar-refractivity contribution >= 4 is 11.6 Å². The SMILES string of the molecule is CC1(CNc2cc(NN)ncn2)CCCCC1. The Morgan fingerprint density at radius 1 is 1.24 bits per heavy atom. The Hall–Kier alpha value is -1.36. The number of nitrogen functional groups attached to an aromatic ring is 1.